The van der Waals surface area contributed by atoms with Crippen molar-refractivity contribution in [3.63, 3.8) is 0 Å². The van der Waals surface area contributed by atoms with Crippen molar-refractivity contribution >= 4 is 0 Å². The quantitative estimate of drug-likeness (QED) is 0.496. The fraction of sp³-hybridized carbons (Fsp3) is 0.286. The molecular formula is C21H21F2N3O. The summed E-state index contributed by atoms with van der Waals surface area (Å²) >= 11 is 0. The van der Waals surface area contributed by atoms with E-state index >= 15 is 0 Å². The van der Waals surface area contributed by atoms with Gasteiger partial charge in [0.25, 0.3) is 0 Å². The number of aromatic nitrogens is 3. The van der Waals surface area contributed by atoms with E-state index in [0.717, 1.165) is 24.5 Å². The predicted molar refractivity (Wildman–Crippen MR) is 100 cm³/mol. The van der Waals surface area contributed by atoms with Gasteiger partial charge < -0.3 is 4.74 Å². The molecule has 0 aliphatic carbocycles. The highest BCUT2D eigenvalue weighted by Crippen LogP contribution is 2.24. The van der Waals surface area contributed by atoms with Crippen LogP contribution in [0.15, 0.2) is 48.9 Å². The van der Waals surface area contributed by atoms with E-state index < -0.39 is 11.6 Å². The van der Waals surface area contributed by atoms with Gasteiger partial charge in [-0.2, -0.15) is 0 Å². The third-order valence-electron chi connectivity index (χ3n) is 4.16. The summed E-state index contributed by atoms with van der Waals surface area (Å²) in [5.41, 5.74) is 1.27. The van der Waals surface area contributed by atoms with Gasteiger partial charge in [-0.05, 0) is 18.6 Å². The Morgan fingerprint density at radius 1 is 0.852 bits per heavy atom. The number of unbranched alkanes of at least 4 members (excludes halogenated alkanes) is 3. The molecule has 2 heterocycles. The first-order valence-corrected chi connectivity index (χ1v) is 9.04. The highest BCUT2D eigenvalue weighted by molar-refractivity contribution is 5.64. The molecule has 0 bridgehead atoms. The standard InChI is InChI=1S/C21H21F2N3O/c1-2-3-4-5-11-27-19-10-9-15(12-24-19)21-25-13-16(14-26-21)17-7-6-8-18(22)20(17)23/h6-10,12-14H,2-5,11H2,1H3. The summed E-state index contributed by atoms with van der Waals surface area (Å²) in [4.78, 5) is 12.7. The molecule has 6 heteroatoms. The molecule has 3 aromatic rings. The topological polar surface area (TPSA) is 47.9 Å². The van der Waals surface area contributed by atoms with E-state index in [2.05, 4.69) is 21.9 Å². The first-order chi connectivity index (χ1) is 13.2. The van der Waals surface area contributed by atoms with Crippen LogP contribution in [0.25, 0.3) is 22.5 Å². The molecular weight excluding hydrogens is 348 g/mol. The lowest BCUT2D eigenvalue weighted by Gasteiger charge is -2.07. The van der Waals surface area contributed by atoms with Crippen LogP contribution in [0.1, 0.15) is 32.6 Å². The zero-order valence-corrected chi connectivity index (χ0v) is 15.2. The Hall–Kier alpha value is -2.89. The van der Waals surface area contributed by atoms with Crippen LogP contribution in [0.5, 0.6) is 5.88 Å². The van der Waals surface area contributed by atoms with E-state index in [1.807, 2.05) is 6.07 Å². The summed E-state index contributed by atoms with van der Waals surface area (Å²) in [6.07, 6.45) is 9.15. The number of benzene rings is 1. The van der Waals surface area contributed by atoms with Gasteiger partial charge in [0.2, 0.25) is 5.88 Å². The number of pyridine rings is 1. The maximum Gasteiger partial charge on any atom is 0.213 e. The van der Waals surface area contributed by atoms with Crippen LogP contribution >= 0.6 is 0 Å². The molecule has 0 atom stereocenters. The van der Waals surface area contributed by atoms with Gasteiger partial charge in [0.15, 0.2) is 17.5 Å². The maximum atomic E-state index is 13.9. The van der Waals surface area contributed by atoms with E-state index in [0.29, 0.717) is 23.9 Å². The Morgan fingerprint density at radius 3 is 2.33 bits per heavy atom. The largest absolute Gasteiger partial charge is 0.478 e. The number of nitrogens with zero attached hydrogens (tertiary/aromatic N) is 3. The molecule has 3 rings (SSSR count). The zero-order valence-electron chi connectivity index (χ0n) is 15.2. The molecule has 0 aliphatic rings. The second-order valence-electron chi connectivity index (χ2n) is 6.19. The molecule has 0 aliphatic heterocycles. The number of rotatable bonds is 8. The average molecular weight is 369 g/mol. The Kier molecular flexibility index (Phi) is 6.41. The van der Waals surface area contributed by atoms with Gasteiger partial charge in [-0.1, -0.05) is 38.3 Å². The number of hydrogen-bond acceptors (Lipinski definition) is 4. The van der Waals surface area contributed by atoms with Crippen molar-refractivity contribution in [2.24, 2.45) is 0 Å². The van der Waals surface area contributed by atoms with Crippen molar-refractivity contribution < 1.29 is 13.5 Å². The van der Waals surface area contributed by atoms with Gasteiger partial charge in [-0.25, -0.2) is 23.7 Å². The molecule has 1 aromatic carbocycles. The highest BCUT2D eigenvalue weighted by Gasteiger charge is 2.11. The van der Waals surface area contributed by atoms with Crippen molar-refractivity contribution in [2.75, 3.05) is 6.61 Å². The highest BCUT2D eigenvalue weighted by atomic mass is 19.2. The van der Waals surface area contributed by atoms with Crippen LogP contribution in [0.2, 0.25) is 0 Å². The van der Waals surface area contributed by atoms with Crippen molar-refractivity contribution in [1.82, 2.24) is 15.0 Å². The third-order valence-corrected chi connectivity index (χ3v) is 4.16. The Morgan fingerprint density at radius 2 is 1.63 bits per heavy atom. The van der Waals surface area contributed by atoms with Crippen molar-refractivity contribution in [3.8, 4) is 28.4 Å². The predicted octanol–water partition coefficient (Wildman–Crippen LogP) is 5.44. The van der Waals surface area contributed by atoms with E-state index in [9.17, 15) is 8.78 Å². The van der Waals surface area contributed by atoms with Gasteiger partial charge in [-0.15, -0.1) is 0 Å². The maximum absolute atomic E-state index is 13.9. The minimum Gasteiger partial charge on any atom is -0.478 e. The fourth-order valence-electron chi connectivity index (χ4n) is 2.65. The molecule has 140 valence electrons. The SMILES string of the molecule is CCCCCCOc1ccc(-c2ncc(-c3cccc(F)c3F)cn2)cn1. The fourth-order valence-corrected chi connectivity index (χ4v) is 2.65. The van der Waals surface area contributed by atoms with E-state index in [-0.39, 0.29) is 5.56 Å². The molecule has 4 nitrogen and oxygen atoms in total. The lowest BCUT2D eigenvalue weighted by atomic mass is 10.1. The van der Waals surface area contributed by atoms with Crippen LogP contribution < -0.4 is 4.74 Å². The van der Waals surface area contributed by atoms with Crippen molar-refractivity contribution in [1.29, 1.82) is 0 Å². The first kappa shape index (κ1) is 18.9. The van der Waals surface area contributed by atoms with Crippen LogP contribution in [0.4, 0.5) is 8.78 Å². The number of ether oxygens (including phenoxy) is 1. The molecule has 0 saturated heterocycles. The van der Waals surface area contributed by atoms with E-state index in [1.165, 1.54) is 37.4 Å². The third kappa shape index (κ3) is 4.84. The van der Waals surface area contributed by atoms with Crippen molar-refractivity contribution in [2.45, 2.75) is 32.6 Å². The molecule has 0 amide bonds. The molecule has 27 heavy (non-hydrogen) atoms. The molecule has 0 spiro atoms. The van der Waals surface area contributed by atoms with Crippen LogP contribution in [-0.4, -0.2) is 21.6 Å². The molecule has 0 N–H and O–H groups in total. The van der Waals surface area contributed by atoms with Crippen molar-refractivity contribution in [3.05, 3.63) is 60.6 Å². The molecule has 2 aromatic heterocycles. The second kappa shape index (κ2) is 9.16. The second-order valence-corrected chi connectivity index (χ2v) is 6.19. The first-order valence-electron chi connectivity index (χ1n) is 9.04. The summed E-state index contributed by atoms with van der Waals surface area (Å²) in [6.45, 7) is 2.82. The van der Waals surface area contributed by atoms with E-state index in [1.54, 1.807) is 12.3 Å². The monoisotopic (exact) mass is 369 g/mol. The van der Waals surface area contributed by atoms with Gasteiger partial charge in [0.1, 0.15) is 0 Å². The number of hydrogen-bond donors (Lipinski definition) is 0. The number of halogens is 2. The summed E-state index contributed by atoms with van der Waals surface area (Å²) in [7, 11) is 0. The van der Waals surface area contributed by atoms with Gasteiger partial charge in [0, 0.05) is 41.3 Å². The molecule has 0 saturated carbocycles. The Balaban J connectivity index is 1.66. The van der Waals surface area contributed by atoms with Gasteiger partial charge in [-0.3, -0.25) is 0 Å². The summed E-state index contributed by atoms with van der Waals surface area (Å²) < 4.78 is 32.8. The summed E-state index contributed by atoms with van der Waals surface area (Å²) in [5.74, 6) is -0.784. The lowest BCUT2D eigenvalue weighted by molar-refractivity contribution is 0.294. The Bertz CT molecular complexity index is 868. The summed E-state index contributed by atoms with van der Waals surface area (Å²) in [6, 6.07) is 7.62. The minimum atomic E-state index is -0.907. The Labute approximate surface area is 157 Å². The lowest BCUT2D eigenvalue weighted by Crippen LogP contribution is -1.99. The zero-order chi connectivity index (χ0) is 19.1. The summed E-state index contributed by atoms with van der Waals surface area (Å²) in [5, 5.41) is 0. The molecule has 0 radical (unpaired) electrons. The normalized spacial score (nSPS) is 10.8. The van der Waals surface area contributed by atoms with Crippen LogP contribution in [0, 0.1) is 11.6 Å². The molecule has 0 fully saturated rings. The van der Waals surface area contributed by atoms with Gasteiger partial charge >= 0.3 is 0 Å². The van der Waals surface area contributed by atoms with Crippen LogP contribution in [0.3, 0.4) is 0 Å². The molecule has 0 unspecified atom stereocenters. The van der Waals surface area contributed by atoms with Gasteiger partial charge in [0.05, 0.1) is 6.61 Å². The van der Waals surface area contributed by atoms with Crippen LogP contribution in [-0.2, 0) is 0 Å². The van der Waals surface area contributed by atoms with E-state index in [4.69, 9.17) is 4.74 Å². The smallest absolute Gasteiger partial charge is 0.213 e. The average Bonchev–Trinajstić information content (AvgIpc) is 2.71. The minimum absolute atomic E-state index is 0.131.